The van der Waals surface area contributed by atoms with E-state index in [9.17, 15) is 30.0 Å². The highest BCUT2D eigenvalue weighted by atomic mass is 16.7. The number of carbonyl (C=O) groups excluding carboxylic acids is 1. The van der Waals surface area contributed by atoms with Crippen molar-refractivity contribution in [1.82, 2.24) is 4.98 Å². The number of aliphatic hydroxyl groups is 3. The lowest BCUT2D eigenvalue weighted by atomic mass is 9.82. The first-order chi connectivity index (χ1) is 15.1. The number of ether oxygens (including phenoxy) is 2. The van der Waals surface area contributed by atoms with Gasteiger partial charge in [-0.25, -0.2) is 0 Å². The van der Waals surface area contributed by atoms with Gasteiger partial charge in [-0.1, -0.05) is 13.3 Å². The van der Waals surface area contributed by atoms with Crippen LogP contribution in [0.1, 0.15) is 53.1 Å². The molecule has 32 heavy (non-hydrogen) atoms. The Morgan fingerprint density at radius 2 is 1.88 bits per heavy atom. The molecule has 5 atom stereocenters. The number of pyridine rings is 1. The van der Waals surface area contributed by atoms with E-state index in [1.807, 2.05) is 6.92 Å². The zero-order valence-electron chi connectivity index (χ0n) is 17.7. The Kier molecular flexibility index (Phi) is 4.48. The molecule has 4 N–H and O–H groups in total. The van der Waals surface area contributed by atoms with Crippen LogP contribution >= 0.6 is 0 Å². The zero-order valence-corrected chi connectivity index (χ0v) is 17.7. The van der Waals surface area contributed by atoms with Crippen molar-refractivity contribution in [3.63, 3.8) is 0 Å². The third-order valence-corrected chi connectivity index (χ3v) is 6.50. The van der Waals surface area contributed by atoms with Crippen LogP contribution < -0.4 is 10.2 Å². The molecule has 0 spiro atoms. The van der Waals surface area contributed by atoms with Gasteiger partial charge >= 0.3 is 0 Å². The highest BCUT2D eigenvalue weighted by molar-refractivity contribution is 6.23. The SMILES string of the molecule is CCCc1nc(C)cc2c1C(=O)c1cc(=O)c3c(c(O)c1-2)OC1OC(C)C(O)C(O)C31O. The zero-order chi connectivity index (χ0) is 23.1. The maximum Gasteiger partial charge on any atom is 0.236 e. The van der Waals surface area contributed by atoms with Crippen LogP contribution in [0.2, 0.25) is 0 Å². The molecule has 0 amide bonds. The van der Waals surface area contributed by atoms with Gasteiger partial charge in [0.1, 0.15) is 12.2 Å². The number of fused-ring (bicyclic) bond motifs is 6. The van der Waals surface area contributed by atoms with E-state index in [-0.39, 0.29) is 16.9 Å². The summed E-state index contributed by atoms with van der Waals surface area (Å²) in [6, 6.07) is 2.69. The van der Waals surface area contributed by atoms with E-state index in [2.05, 4.69) is 4.98 Å². The highest BCUT2D eigenvalue weighted by Gasteiger charge is 2.62. The molecular formula is C23H23NO8. The van der Waals surface area contributed by atoms with Gasteiger partial charge in [-0.2, -0.15) is 0 Å². The largest absolute Gasteiger partial charge is 0.504 e. The average molecular weight is 441 g/mol. The van der Waals surface area contributed by atoms with Crippen molar-refractivity contribution < 1.29 is 34.7 Å². The molecule has 2 aliphatic heterocycles. The lowest BCUT2D eigenvalue weighted by Crippen LogP contribution is -2.63. The number of ketones is 1. The average Bonchev–Trinajstić information content (AvgIpc) is 3.14. The van der Waals surface area contributed by atoms with E-state index in [4.69, 9.17) is 9.47 Å². The Morgan fingerprint density at radius 3 is 2.56 bits per heavy atom. The van der Waals surface area contributed by atoms with E-state index in [0.717, 1.165) is 12.5 Å². The standard InChI is InChI=1S/C23H23NO8/c1-4-5-12-15-10(6-8(2)24-12)14-11(18(15)27)7-13(25)16-20(19(14)28)32-22-23(16,30)21(29)17(26)9(3)31-22/h6-7,9,17,21-22,26,28-30H,4-5H2,1-3H3. The van der Waals surface area contributed by atoms with Crippen LogP contribution in [0.15, 0.2) is 16.9 Å². The van der Waals surface area contributed by atoms with Crippen LogP contribution in [0.4, 0.5) is 0 Å². The lowest BCUT2D eigenvalue weighted by Gasteiger charge is -2.42. The summed E-state index contributed by atoms with van der Waals surface area (Å²) in [5.74, 6) is -1.35. The van der Waals surface area contributed by atoms with E-state index >= 15 is 0 Å². The van der Waals surface area contributed by atoms with Crippen LogP contribution in [-0.2, 0) is 16.8 Å². The number of carbonyl (C=O) groups is 1. The van der Waals surface area contributed by atoms with Crippen molar-refractivity contribution in [1.29, 1.82) is 0 Å². The van der Waals surface area contributed by atoms with Crippen LogP contribution in [0.25, 0.3) is 11.1 Å². The van der Waals surface area contributed by atoms with E-state index in [1.165, 1.54) is 6.92 Å². The number of aliphatic hydroxyl groups excluding tert-OH is 2. The highest BCUT2D eigenvalue weighted by Crippen LogP contribution is 2.54. The topological polar surface area (TPSA) is 146 Å². The van der Waals surface area contributed by atoms with Gasteiger partial charge in [-0.15, -0.1) is 0 Å². The molecule has 5 unspecified atom stereocenters. The number of rotatable bonds is 2. The molecule has 3 aliphatic rings. The Hall–Kier alpha value is -2.85. The Labute approximate surface area is 182 Å². The maximum atomic E-state index is 13.3. The third kappa shape index (κ3) is 2.50. The fourth-order valence-electron chi connectivity index (χ4n) is 4.96. The summed E-state index contributed by atoms with van der Waals surface area (Å²) in [5, 5.41) is 43.3. The molecule has 168 valence electrons. The quantitative estimate of drug-likeness (QED) is 0.450. The molecule has 5 rings (SSSR count). The number of aryl methyl sites for hydroxylation is 2. The second-order valence-corrected chi connectivity index (χ2v) is 8.61. The normalized spacial score (nSPS) is 29.8. The molecule has 1 aromatic carbocycles. The number of aromatic hydroxyl groups is 1. The predicted molar refractivity (Wildman–Crippen MR) is 111 cm³/mol. The van der Waals surface area contributed by atoms with E-state index in [0.29, 0.717) is 28.9 Å². The Bertz CT molecular complexity index is 1240. The van der Waals surface area contributed by atoms with Crippen LogP contribution in [0.5, 0.6) is 11.5 Å². The second kappa shape index (κ2) is 6.82. The van der Waals surface area contributed by atoms with Gasteiger partial charge in [0, 0.05) is 22.4 Å². The van der Waals surface area contributed by atoms with Crippen molar-refractivity contribution >= 4 is 5.78 Å². The number of hydrogen-bond donors (Lipinski definition) is 4. The molecule has 1 saturated heterocycles. The number of hydrogen-bond acceptors (Lipinski definition) is 9. The first-order valence-electron chi connectivity index (χ1n) is 10.5. The van der Waals surface area contributed by atoms with Crippen molar-refractivity contribution in [3.05, 3.63) is 50.4 Å². The minimum absolute atomic E-state index is 0.0365. The van der Waals surface area contributed by atoms with Gasteiger partial charge < -0.3 is 29.9 Å². The summed E-state index contributed by atoms with van der Waals surface area (Å²) in [4.78, 5) is 31.0. The van der Waals surface area contributed by atoms with Crippen molar-refractivity contribution in [2.75, 3.05) is 0 Å². The molecular weight excluding hydrogens is 418 g/mol. The molecule has 1 aliphatic carbocycles. The predicted octanol–water partition coefficient (Wildman–Crippen LogP) is 0.666. The molecule has 0 radical (unpaired) electrons. The van der Waals surface area contributed by atoms with Crippen LogP contribution in [0, 0.1) is 6.92 Å². The van der Waals surface area contributed by atoms with E-state index in [1.54, 1.807) is 13.0 Å². The molecule has 0 saturated carbocycles. The molecule has 0 bridgehead atoms. The third-order valence-electron chi connectivity index (χ3n) is 6.50. The number of aromatic nitrogens is 1. The minimum Gasteiger partial charge on any atom is -0.504 e. The Morgan fingerprint density at radius 1 is 1.16 bits per heavy atom. The Balaban J connectivity index is 1.82. The summed E-state index contributed by atoms with van der Waals surface area (Å²) in [7, 11) is 0. The molecule has 9 nitrogen and oxygen atoms in total. The van der Waals surface area contributed by atoms with E-state index < -0.39 is 52.7 Å². The summed E-state index contributed by atoms with van der Waals surface area (Å²) < 4.78 is 11.1. The first-order valence-corrected chi connectivity index (χ1v) is 10.5. The molecule has 1 aromatic heterocycles. The van der Waals surface area contributed by atoms with Crippen molar-refractivity contribution in [2.24, 2.45) is 0 Å². The lowest BCUT2D eigenvalue weighted by molar-refractivity contribution is -0.307. The number of nitrogens with zero attached hydrogens (tertiary/aromatic N) is 1. The maximum absolute atomic E-state index is 13.3. The first kappa shape index (κ1) is 21.0. The van der Waals surface area contributed by atoms with Crippen LogP contribution in [-0.4, -0.2) is 55.8 Å². The molecule has 2 aromatic rings. The summed E-state index contributed by atoms with van der Waals surface area (Å²) in [5.41, 5.74) is -1.65. The molecule has 1 fully saturated rings. The minimum atomic E-state index is -2.42. The van der Waals surface area contributed by atoms with Gasteiger partial charge in [-0.3, -0.25) is 14.6 Å². The monoisotopic (exact) mass is 441 g/mol. The molecule has 3 heterocycles. The van der Waals surface area contributed by atoms with Crippen LogP contribution in [0.3, 0.4) is 0 Å². The van der Waals surface area contributed by atoms with Gasteiger partial charge in [0.05, 0.1) is 22.9 Å². The van der Waals surface area contributed by atoms with Gasteiger partial charge in [0.15, 0.2) is 28.3 Å². The summed E-state index contributed by atoms with van der Waals surface area (Å²) in [6.45, 7) is 5.21. The van der Waals surface area contributed by atoms with Crippen molar-refractivity contribution in [3.8, 4) is 22.6 Å². The molecule has 9 heteroatoms. The summed E-state index contributed by atoms with van der Waals surface area (Å²) in [6.07, 6.45) is -4.43. The fraction of sp³-hybridized carbons (Fsp3) is 0.435. The van der Waals surface area contributed by atoms with Crippen molar-refractivity contribution in [2.45, 2.75) is 63.8 Å². The summed E-state index contributed by atoms with van der Waals surface area (Å²) >= 11 is 0. The van der Waals surface area contributed by atoms with Gasteiger partial charge in [0.2, 0.25) is 6.29 Å². The smallest absolute Gasteiger partial charge is 0.236 e. The van der Waals surface area contributed by atoms with Gasteiger partial charge in [0.25, 0.3) is 0 Å². The van der Waals surface area contributed by atoms with Gasteiger partial charge in [-0.05, 0) is 32.4 Å². The second-order valence-electron chi connectivity index (χ2n) is 8.61. The fourth-order valence-corrected chi connectivity index (χ4v) is 4.96.